The van der Waals surface area contributed by atoms with Gasteiger partial charge in [-0.3, -0.25) is 4.79 Å². The Morgan fingerprint density at radius 1 is 1.17 bits per heavy atom. The number of pyridine rings is 1. The van der Waals surface area contributed by atoms with E-state index in [0.29, 0.717) is 22.0 Å². The standard InChI is InChI=1S/C18H18F2N6O2S/c1-9(27)23-15-5-11(13(28-4)7-22-15)24-16-6-12(14-8-21-10(2)29-14)25-17(26-16)18(3,19)20/h5-8H,1-4H3,(H2,22,23,24,25,26,27). The van der Waals surface area contributed by atoms with E-state index < -0.39 is 11.7 Å². The molecule has 0 aliphatic carbocycles. The van der Waals surface area contributed by atoms with E-state index in [1.54, 1.807) is 12.3 Å². The van der Waals surface area contributed by atoms with Crippen molar-refractivity contribution in [2.75, 3.05) is 17.7 Å². The van der Waals surface area contributed by atoms with Crippen molar-refractivity contribution in [3.8, 4) is 16.3 Å². The molecule has 0 radical (unpaired) electrons. The number of hydrogen-bond donors (Lipinski definition) is 2. The van der Waals surface area contributed by atoms with Crippen LogP contribution >= 0.6 is 11.3 Å². The molecule has 0 atom stereocenters. The fourth-order valence-electron chi connectivity index (χ4n) is 2.40. The van der Waals surface area contributed by atoms with Crippen LogP contribution in [-0.4, -0.2) is 33.0 Å². The lowest BCUT2D eigenvalue weighted by Crippen LogP contribution is -2.14. The molecule has 11 heteroatoms. The van der Waals surface area contributed by atoms with Gasteiger partial charge in [0, 0.05) is 32.2 Å². The zero-order valence-electron chi connectivity index (χ0n) is 16.1. The highest BCUT2D eigenvalue weighted by molar-refractivity contribution is 7.15. The summed E-state index contributed by atoms with van der Waals surface area (Å²) in [5, 5.41) is 6.29. The number of anilines is 3. The fraction of sp³-hybridized carbons (Fsp3) is 0.278. The molecule has 0 bridgehead atoms. The number of halogens is 2. The Labute approximate surface area is 169 Å². The monoisotopic (exact) mass is 420 g/mol. The summed E-state index contributed by atoms with van der Waals surface area (Å²) in [4.78, 5) is 28.1. The second-order valence-electron chi connectivity index (χ2n) is 6.17. The first-order valence-electron chi connectivity index (χ1n) is 8.44. The number of rotatable bonds is 6. The van der Waals surface area contributed by atoms with Gasteiger partial charge in [0.1, 0.15) is 11.6 Å². The number of aryl methyl sites for hydroxylation is 1. The van der Waals surface area contributed by atoms with Crippen LogP contribution in [0.15, 0.2) is 24.5 Å². The van der Waals surface area contributed by atoms with Crippen molar-refractivity contribution < 1.29 is 18.3 Å². The number of carbonyl (C=O) groups excluding carboxylic acids is 1. The van der Waals surface area contributed by atoms with Gasteiger partial charge in [0.25, 0.3) is 0 Å². The van der Waals surface area contributed by atoms with Crippen LogP contribution < -0.4 is 15.4 Å². The summed E-state index contributed by atoms with van der Waals surface area (Å²) in [5.41, 5.74) is 0.710. The number of nitrogens with one attached hydrogen (secondary N) is 2. The zero-order chi connectivity index (χ0) is 21.2. The molecular formula is C18H18F2N6O2S. The van der Waals surface area contributed by atoms with Crippen LogP contribution in [0.25, 0.3) is 10.6 Å². The summed E-state index contributed by atoms with van der Waals surface area (Å²) >= 11 is 1.34. The van der Waals surface area contributed by atoms with Crippen LogP contribution in [-0.2, 0) is 10.7 Å². The lowest BCUT2D eigenvalue weighted by Gasteiger charge is -2.15. The maximum atomic E-state index is 14.0. The number of amides is 1. The predicted octanol–water partition coefficient (Wildman–Crippen LogP) is 4.13. The predicted molar refractivity (Wildman–Crippen MR) is 106 cm³/mol. The van der Waals surface area contributed by atoms with Crippen LogP contribution in [0.4, 0.5) is 26.1 Å². The molecule has 0 aliphatic heterocycles. The molecule has 29 heavy (non-hydrogen) atoms. The third-order valence-corrected chi connectivity index (χ3v) is 4.58. The Bertz CT molecular complexity index is 1050. The van der Waals surface area contributed by atoms with E-state index in [1.807, 2.05) is 6.92 Å². The van der Waals surface area contributed by atoms with Crippen LogP contribution in [0.3, 0.4) is 0 Å². The lowest BCUT2D eigenvalue weighted by atomic mass is 10.3. The van der Waals surface area contributed by atoms with Crippen LogP contribution in [0.2, 0.25) is 0 Å². The van der Waals surface area contributed by atoms with Crippen molar-refractivity contribution in [2.24, 2.45) is 0 Å². The number of aromatic nitrogens is 4. The summed E-state index contributed by atoms with van der Waals surface area (Å²) in [6.45, 7) is 3.90. The minimum Gasteiger partial charge on any atom is -0.493 e. The normalized spacial score (nSPS) is 11.2. The Morgan fingerprint density at radius 2 is 1.93 bits per heavy atom. The maximum absolute atomic E-state index is 14.0. The third-order valence-electron chi connectivity index (χ3n) is 3.65. The van der Waals surface area contributed by atoms with Crippen LogP contribution in [0.5, 0.6) is 5.75 Å². The SMILES string of the molecule is COc1cnc(NC(C)=O)cc1Nc1cc(-c2cnc(C)s2)nc(C(C)(F)F)n1. The summed E-state index contributed by atoms with van der Waals surface area (Å²) < 4.78 is 33.2. The number of ether oxygens (including phenoxy) is 1. The molecular weight excluding hydrogens is 402 g/mol. The molecule has 2 N–H and O–H groups in total. The van der Waals surface area contributed by atoms with Gasteiger partial charge in [0.15, 0.2) is 5.75 Å². The van der Waals surface area contributed by atoms with Gasteiger partial charge in [-0.1, -0.05) is 0 Å². The largest absolute Gasteiger partial charge is 0.493 e. The highest BCUT2D eigenvalue weighted by Gasteiger charge is 2.30. The molecule has 3 aromatic heterocycles. The van der Waals surface area contributed by atoms with E-state index in [1.165, 1.54) is 37.6 Å². The molecule has 0 spiro atoms. The van der Waals surface area contributed by atoms with E-state index in [0.717, 1.165) is 11.9 Å². The van der Waals surface area contributed by atoms with Gasteiger partial charge < -0.3 is 15.4 Å². The molecule has 0 aromatic carbocycles. The number of alkyl halides is 2. The van der Waals surface area contributed by atoms with Gasteiger partial charge in [0.2, 0.25) is 11.7 Å². The zero-order valence-corrected chi connectivity index (χ0v) is 16.9. The minimum absolute atomic E-state index is 0.135. The number of thiazole rings is 1. The maximum Gasteiger partial charge on any atom is 0.303 e. The fourth-order valence-corrected chi connectivity index (χ4v) is 3.14. The summed E-state index contributed by atoms with van der Waals surface area (Å²) in [7, 11) is 1.44. The van der Waals surface area contributed by atoms with E-state index in [4.69, 9.17) is 4.74 Å². The third kappa shape index (κ3) is 4.99. The quantitative estimate of drug-likeness (QED) is 0.618. The Morgan fingerprint density at radius 3 is 2.52 bits per heavy atom. The molecule has 3 aromatic rings. The Hall–Kier alpha value is -3.21. The van der Waals surface area contributed by atoms with Gasteiger partial charge in [0.05, 0.1) is 34.6 Å². The topological polar surface area (TPSA) is 102 Å². The average Bonchev–Trinajstić information content (AvgIpc) is 3.07. The van der Waals surface area contributed by atoms with Crippen molar-refractivity contribution in [1.29, 1.82) is 0 Å². The van der Waals surface area contributed by atoms with Gasteiger partial charge in [-0.25, -0.2) is 19.9 Å². The molecule has 0 saturated carbocycles. The Kier molecular flexibility index (Phi) is 5.69. The molecule has 0 saturated heterocycles. The van der Waals surface area contributed by atoms with Gasteiger partial charge in [-0.2, -0.15) is 8.78 Å². The first kappa shape index (κ1) is 20.5. The second-order valence-corrected chi connectivity index (χ2v) is 7.40. The number of nitrogens with zero attached hydrogens (tertiary/aromatic N) is 4. The minimum atomic E-state index is -3.24. The lowest BCUT2D eigenvalue weighted by molar-refractivity contribution is -0.114. The smallest absolute Gasteiger partial charge is 0.303 e. The van der Waals surface area contributed by atoms with Crippen molar-refractivity contribution in [3.63, 3.8) is 0 Å². The molecule has 152 valence electrons. The molecule has 0 unspecified atom stereocenters. The molecule has 0 fully saturated rings. The molecule has 1 amide bonds. The van der Waals surface area contributed by atoms with Crippen molar-refractivity contribution in [2.45, 2.75) is 26.7 Å². The number of methoxy groups -OCH3 is 1. The van der Waals surface area contributed by atoms with Crippen LogP contribution in [0, 0.1) is 6.92 Å². The van der Waals surface area contributed by atoms with Crippen molar-refractivity contribution >= 4 is 34.6 Å². The number of carbonyl (C=O) groups is 1. The highest BCUT2D eigenvalue weighted by atomic mass is 32.1. The van der Waals surface area contributed by atoms with Gasteiger partial charge in [-0.15, -0.1) is 11.3 Å². The van der Waals surface area contributed by atoms with Crippen LogP contribution in [0.1, 0.15) is 24.7 Å². The highest BCUT2D eigenvalue weighted by Crippen LogP contribution is 2.33. The van der Waals surface area contributed by atoms with E-state index in [2.05, 4.69) is 30.6 Å². The van der Waals surface area contributed by atoms with E-state index in [-0.39, 0.29) is 17.5 Å². The van der Waals surface area contributed by atoms with Crippen molar-refractivity contribution in [3.05, 3.63) is 35.4 Å². The first-order valence-corrected chi connectivity index (χ1v) is 9.26. The molecule has 0 aliphatic rings. The molecule has 3 heterocycles. The molecule has 3 rings (SSSR count). The second kappa shape index (κ2) is 8.03. The van der Waals surface area contributed by atoms with Crippen molar-refractivity contribution in [1.82, 2.24) is 19.9 Å². The van der Waals surface area contributed by atoms with Gasteiger partial charge in [-0.05, 0) is 6.92 Å². The number of hydrogen-bond acceptors (Lipinski definition) is 8. The molecule has 8 nitrogen and oxygen atoms in total. The summed E-state index contributed by atoms with van der Waals surface area (Å²) in [6.07, 6.45) is 2.98. The van der Waals surface area contributed by atoms with E-state index >= 15 is 0 Å². The van der Waals surface area contributed by atoms with E-state index in [9.17, 15) is 13.6 Å². The first-order chi connectivity index (χ1) is 13.7. The van der Waals surface area contributed by atoms with Gasteiger partial charge >= 0.3 is 5.92 Å². The Balaban J connectivity index is 2.05. The average molecular weight is 420 g/mol. The summed E-state index contributed by atoms with van der Waals surface area (Å²) in [5.74, 6) is -3.41. The summed E-state index contributed by atoms with van der Waals surface area (Å²) in [6, 6.07) is 3.06.